The summed E-state index contributed by atoms with van der Waals surface area (Å²) in [6.45, 7) is 0. The molecule has 1 aliphatic carbocycles. The Bertz CT molecular complexity index is 691. The summed E-state index contributed by atoms with van der Waals surface area (Å²) in [7, 11) is 0. The highest BCUT2D eigenvalue weighted by atomic mass is 35.5. The lowest BCUT2D eigenvalue weighted by Gasteiger charge is -2.05. The van der Waals surface area contributed by atoms with Gasteiger partial charge in [-0.1, -0.05) is 11.6 Å². The van der Waals surface area contributed by atoms with E-state index < -0.39 is 0 Å². The van der Waals surface area contributed by atoms with Crippen LogP contribution in [0.15, 0.2) is 33.0 Å². The summed E-state index contributed by atoms with van der Waals surface area (Å²) >= 11 is 7.14. The second-order valence-electron chi connectivity index (χ2n) is 4.31. The highest BCUT2D eigenvalue weighted by molar-refractivity contribution is 7.99. The molecule has 0 amide bonds. The molecule has 0 saturated heterocycles. The monoisotopic (exact) mass is 295 g/mol. The summed E-state index contributed by atoms with van der Waals surface area (Å²) in [5, 5.41) is 7.55. The van der Waals surface area contributed by atoms with Gasteiger partial charge < -0.3 is 0 Å². The minimum Gasteiger partial charge on any atom is -0.298 e. The number of nitrogens with zero attached hydrogens (tertiary/aromatic N) is 2. The van der Waals surface area contributed by atoms with Crippen molar-refractivity contribution in [3.05, 3.63) is 39.3 Å². The lowest BCUT2D eigenvalue weighted by atomic mass is 10.2. The first kappa shape index (κ1) is 12.5. The van der Waals surface area contributed by atoms with E-state index in [4.69, 9.17) is 11.6 Å². The maximum atomic E-state index is 11.7. The zero-order chi connectivity index (χ0) is 13.4. The van der Waals surface area contributed by atoms with E-state index in [0.29, 0.717) is 15.7 Å². The number of hydrogen-bond donors (Lipinski definition) is 1. The Labute approximate surface area is 118 Å². The third-order valence-corrected chi connectivity index (χ3v) is 4.18. The van der Waals surface area contributed by atoms with Gasteiger partial charge in [-0.3, -0.25) is 9.36 Å². The van der Waals surface area contributed by atoms with E-state index in [1.165, 1.54) is 11.8 Å². The molecule has 19 heavy (non-hydrogen) atoms. The van der Waals surface area contributed by atoms with E-state index in [1.807, 2.05) is 0 Å². The maximum absolute atomic E-state index is 11.7. The van der Waals surface area contributed by atoms with E-state index in [-0.39, 0.29) is 11.7 Å². The zero-order valence-corrected chi connectivity index (χ0v) is 11.4. The Morgan fingerprint density at radius 3 is 2.95 bits per heavy atom. The molecule has 0 bridgehead atoms. The van der Waals surface area contributed by atoms with E-state index in [0.717, 1.165) is 24.0 Å². The number of rotatable bonds is 4. The summed E-state index contributed by atoms with van der Waals surface area (Å²) < 4.78 is 1.65. The van der Waals surface area contributed by atoms with Gasteiger partial charge in [0.15, 0.2) is 11.4 Å². The van der Waals surface area contributed by atoms with Crippen LogP contribution in [0.3, 0.4) is 0 Å². The molecule has 1 aromatic heterocycles. The van der Waals surface area contributed by atoms with Crippen LogP contribution in [0, 0.1) is 0 Å². The summed E-state index contributed by atoms with van der Waals surface area (Å²) in [5.41, 5.74) is 0.293. The van der Waals surface area contributed by atoms with Crippen molar-refractivity contribution in [3.63, 3.8) is 0 Å². The van der Waals surface area contributed by atoms with Crippen molar-refractivity contribution in [2.45, 2.75) is 28.9 Å². The fourth-order valence-electron chi connectivity index (χ4n) is 1.82. The van der Waals surface area contributed by atoms with Crippen LogP contribution >= 0.6 is 23.4 Å². The lowest BCUT2D eigenvalue weighted by Crippen LogP contribution is -2.16. The Hall–Kier alpha value is -1.53. The number of hydrogen-bond acceptors (Lipinski definition) is 4. The van der Waals surface area contributed by atoms with Gasteiger partial charge in [-0.15, -0.1) is 5.10 Å². The smallest absolute Gasteiger partial charge is 0.298 e. The summed E-state index contributed by atoms with van der Waals surface area (Å²) in [6.07, 6.45) is 2.74. The second-order valence-corrected chi connectivity index (χ2v) is 5.76. The normalized spacial score (nSPS) is 14.6. The number of nitrogens with one attached hydrogen (secondary N) is 1. The molecule has 1 aliphatic rings. The second kappa shape index (κ2) is 4.86. The molecule has 0 radical (unpaired) electrons. The number of H-pyrrole nitrogens is 1. The third-order valence-electron chi connectivity index (χ3n) is 2.88. The van der Waals surface area contributed by atoms with Crippen LogP contribution in [0.4, 0.5) is 0 Å². The van der Waals surface area contributed by atoms with Crippen LogP contribution in [0.2, 0.25) is 5.02 Å². The highest BCUT2D eigenvalue weighted by Gasteiger charge is 2.28. The lowest BCUT2D eigenvalue weighted by molar-refractivity contribution is 0.112. The van der Waals surface area contributed by atoms with Crippen molar-refractivity contribution in [1.82, 2.24) is 14.8 Å². The third kappa shape index (κ3) is 2.46. The fourth-order valence-corrected chi connectivity index (χ4v) is 2.98. The first-order valence-corrected chi connectivity index (χ1v) is 6.98. The molecular weight excluding hydrogens is 286 g/mol. The van der Waals surface area contributed by atoms with Crippen molar-refractivity contribution in [3.8, 4) is 0 Å². The largest absolute Gasteiger partial charge is 0.344 e. The molecule has 0 unspecified atom stereocenters. The Morgan fingerprint density at radius 1 is 1.47 bits per heavy atom. The average molecular weight is 296 g/mol. The van der Waals surface area contributed by atoms with Gasteiger partial charge in [0.2, 0.25) is 0 Å². The number of halogens is 1. The summed E-state index contributed by atoms with van der Waals surface area (Å²) in [4.78, 5) is 23.4. The maximum Gasteiger partial charge on any atom is 0.344 e. The molecular formula is C12H10ClN3O2S. The van der Waals surface area contributed by atoms with E-state index >= 15 is 0 Å². The Balaban J connectivity index is 1.97. The number of aromatic amines is 1. The number of benzene rings is 1. The van der Waals surface area contributed by atoms with E-state index in [2.05, 4.69) is 10.2 Å². The fraction of sp³-hybridized carbons (Fsp3) is 0.250. The van der Waals surface area contributed by atoms with Gasteiger partial charge in [-0.05, 0) is 42.8 Å². The first-order valence-electron chi connectivity index (χ1n) is 5.78. The molecule has 3 rings (SSSR count). The molecule has 1 heterocycles. The highest BCUT2D eigenvalue weighted by Crippen LogP contribution is 2.38. The number of aromatic nitrogens is 3. The van der Waals surface area contributed by atoms with Crippen LogP contribution < -0.4 is 5.69 Å². The van der Waals surface area contributed by atoms with Crippen molar-refractivity contribution >= 4 is 29.6 Å². The molecule has 7 heteroatoms. The topological polar surface area (TPSA) is 67.8 Å². The van der Waals surface area contributed by atoms with Gasteiger partial charge in [0.05, 0.1) is 0 Å². The van der Waals surface area contributed by atoms with Crippen LogP contribution in [-0.2, 0) is 0 Å². The molecule has 1 aromatic carbocycles. The van der Waals surface area contributed by atoms with Crippen molar-refractivity contribution in [2.75, 3.05) is 0 Å². The predicted octanol–water partition coefficient (Wildman–Crippen LogP) is 2.52. The average Bonchev–Trinajstić information content (AvgIpc) is 3.17. The van der Waals surface area contributed by atoms with Gasteiger partial charge in [-0.25, -0.2) is 9.89 Å². The minimum absolute atomic E-state index is 0.202. The Kier molecular flexibility index (Phi) is 3.20. The molecule has 5 nitrogen and oxygen atoms in total. The van der Waals surface area contributed by atoms with Gasteiger partial charge >= 0.3 is 5.69 Å². The van der Waals surface area contributed by atoms with E-state index in [1.54, 1.807) is 22.8 Å². The van der Waals surface area contributed by atoms with Gasteiger partial charge in [0, 0.05) is 21.5 Å². The molecule has 0 aliphatic heterocycles. The number of carbonyl (C=O) groups is 1. The number of aldehydes is 1. The molecule has 1 saturated carbocycles. The molecule has 98 valence electrons. The van der Waals surface area contributed by atoms with Gasteiger partial charge in [0.25, 0.3) is 0 Å². The standard InChI is InChI=1S/C12H10ClN3O2S/c13-8-1-4-10(7(5-8)6-17)19-12-15-14-11(18)16(12)9-2-3-9/h1,4-6,9H,2-3H2,(H,14,18). The molecule has 2 aromatic rings. The van der Waals surface area contributed by atoms with Crippen LogP contribution in [0.1, 0.15) is 29.2 Å². The molecule has 1 fully saturated rings. The number of carbonyl (C=O) groups excluding carboxylic acids is 1. The predicted molar refractivity (Wildman–Crippen MR) is 72.1 cm³/mol. The zero-order valence-electron chi connectivity index (χ0n) is 9.80. The Morgan fingerprint density at radius 2 is 2.26 bits per heavy atom. The van der Waals surface area contributed by atoms with E-state index in [9.17, 15) is 9.59 Å². The van der Waals surface area contributed by atoms with Crippen molar-refractivity contribution in [1.29, 1.82) is 0 Å². The summed E-state index contributed by atoms with van der Waals surface area (Å²) in [5.74, 6) is 0. The quantitative estimate of drug-likeness (QED) is 0.880. The van der Waals surface area contributed by atoms with Crippen LogP contribution in [-0.4, -0.2) is 21.1 Å². The van der Waals surface area contributed by atoms with Crippen molar-refractivity contribution in [2.24, 2.45) is 0 Å². The first-order chi connectivity index (χ1) is 9.19. The van der Waals surface area contributed by atoms with Gasteiger partial charge in [0.1, 0.15) is 0 Å². The molecule has 0 atom stereocenters. The van der Waals surface area contributed by atoms with Crippen molar-refractivity contribution < 1.29 is 4.79 Å². The van der Waals surface area contributed by atoms with Crippen LogP contribution in [0.25, 0.3) is 0 Å². The molecule has 0 spiro atoms. The van der Waals surface area contributed by atoms with Crippen LogP contribution in [0.5, 0.6) is 0 Å². The SMILES string of the molecule is O=Cc1cc(Cl)ccc1Sc1n[nH]c(=O)n1C1CC1. The molecule has 1 N–H and O–H groups in total. The summed E-state index contributed by atoms with van der Waals surface area (Å²) in [6, 6.07) is 5.31. The minimum atomic E-state index is -0.202. The van der Waals surface area contributed by atoms with Gasteiger partial charge in [-0.2, -0.15) is 0 Å².